The molecule has 0 N–H and O–H groups in total. The molecule has 0 radical (unpaired) electrons. The first kappa shape index (κ1) is 23.0. The number of hydrogen-bond acceptors (Lipinski definition) is 4. The van der Waals surface area contributed by atoms with Gasteiger partial charge in [0.1, 0.15) is 0 Å². The number of amides is 1. The van der Waals surface area contributed by atoms with Gasteiger partial charge in [-0.2, -0.15) is 0 Å². The number of hydrogen-bond donors (Lipinski definition) is 0. The van der Waals surface area contributed by atoms with E-state index in [1.807, 2.05) is 12.1 Å². The highest BCUT2D eigenvalue weighted by Gasteiger charge is 2.30. The molecule has 3 aliphatic rings. The van der Waals surface area contributed by atoms with Crippen LogP contribution in [0.1, 0.15) is 19.3 Å². The van der Waals surface area contributed by atoms with Gasteiger partial charge in [0.2, 0.25) is 5.91 Å². The Kier molecular flexibility index (Phi) is 7.12. The van der Waals surface area contributed by atoms with Crippen LogP contribution >= 0.6 is 23.2 Å². The minimum absolute atomic E-state index is 0.291. The van der Waals surface area contributed by atoms with Gasteiger partial charge in [0.05, 0.1) is 16.6 Å². The molecule has 33 heavy (non-hydrogen) atoms. The lowest BCUT2D eigenvalue weighted by molar-refractivity contribution is -0.134. The van der Waals surface area contributed by atoms with E-state index in [1.54, 1.807) is 6.07 Å². The van der Waals surface area contributed by atoms with E-state index in [4.69, 9.17) is 23.2 Å². The van der Waals surface area contributed by atoms with Crippen molar-refractivity contribution in [3.8, 4) is 11.1 Å². The van der Waals surface area contributed by atoms with Crippen molar-refractivity contribution in [3.05, 3.63) is 52.5 Å². The molecule has 176 valence electrons. The SMILES string of the molecule is O=C(CN1CCN(c2ccc(-c3cccc(Cl)c3Cl)cc2)CC1)N1CCN(C2CCC2)CC1. The molecule has 3 fully saturated rings. The Labute approximate surface area is 206 Å². The smallest absolute Gasteiger partial charge is 0.236 e. The first-order chi connectivity index (χ1) is 16.1. The van der Waals surface area contributed by atoms with E-state index in [0.717, 1.165) is 69.5 Å². The normalized spacial score (nSPS) is 20.7. The molecule has 0 aromatic heterocycles. The number of halogens is 2. The van der Waals surface area contributed by atoms with Crippen molar-refractivity contribution in [2.75, 3.05) is 63.8 Å². The number of nitrogens with zero attached hydrogens (tertiary/aromatic N) is 4. The third-order valence-corrected chi connectivity index (χ3v) is 8.30. The zero-order chi connectivity index (χ0) is 22.8. The van der Waals surface area contributed by atoms with E-state index in [0.29, 0.717) is 22.5 Å². The van der Waals surface area contributed by atoms with Crippen LogP contribution in [0.25, 0.3) is 11.1 Å². The van der Waals surface area contributed by atoms with Crippen LogP contribution in [-0.2, 0) is 4.79 Å². The third-order valence-electron chi connectivity index (χ3n) is 7.48. The molecule has 5 nitrogen and oxygen atoms in total. The van der Waals surface area contributed by atoms with Crippen LogP contribution in [0.15, 0.2) is 42.5 Å². The van der Waals surface area contributed by atoms with Gasteiger partial charge in [0, 0.05) is 69.7 Å². The van der Waals surface area contributed by atoms with Crippen LogP contribution in [0, 0.1) is 0 Å². The van der Waals surface area contributed by atoms with Gasteiger partial charge in [-0.15, -0.1) is 0 Å². The van der Waals surface area contributed by atoms with Gasteiger partial charge in [-0.25, -0.2) is 0 Å². The number of carbonyl (C=O) groups excluding carboxylic acids is 1. The maximum atomic E-state index is 12.8. The van der Waals surface area contributed by atoms with Gasteiger partial charge in [-0.1, -0.05) is 53.9 Å². The van der Waals surface area contributed by atoms with E-state index < -0.39 is 0 Å². The van der Waals surface area contributed by atoms with Crippen LogP contribution in [0.5, 0.6) is 0 Å². The van der Waals surface area contributed by atoms with Crippen molar-refractivity contribution < 1.29 is 4.79 Å². The monoisotopic (exact) mass is 486 g/mol. The second-order valence-electron chi connectivity index (χ2n) is 9.41. The standard InChI is InChI=1S/C26H32Cl2N4O/c27-24-6-2-5-23(26(24)28)20-7-9-22(10-8-20)30-13-11-29(12-14-30)19-25(33)32-17-15-31(16-18-32)21-3-1-4-21/h2,5-10,21H,1,3-4,11-19H2. The molecule has 2 aliphatic heterocycles. The van der Waals surface area contributed by atoms with Crippen molar-refractivity contribution in [2.45, 2.75) is 25.3 Å². The third kappa shape index (κ3) is 5.17. The molecule has 0 spiro atoms. The van der Waals surface area contributed by atoms with Gasteiger partial charge in [-0.05, 0) is 36.6 Å². The minimum atomic E-state index is 0.291. The predicted octanol–water partition coefficient (Wildman–Crippen LogP) is 4.48. The van der Waals surface area contributed by atoms with Gasteiger partial charge in [0.15, 0.2) is 0 Å². The molecule has 0 unspecified atom stereocenters. The highest BCUT2D eigenvalue weighted by molar-refractivity contribution is 6.43. The molecule has 7 heteroatoms. The summed E-state index contributed by atoms with van der Waals surface area (Å²) >= 11 is 12.5. The number of benzene rings is 2. The lowest BCUT2D eigenvalue weighted by Crippen LogP contribution is -2.56. The topological polar surface area (TPSA) is 30.0 Å². The minimum Gasteiger partial charge on any atom is -0.369 e. The molecule has 2 saturated heterocycles. The summed E-state index contributed by atoms with van der Waals surface area (Å²) in [5.41, 5.74) is 3.22. The molecule has 2 heterocycles. The summed E-state index contributed by atoms with van der Waals surface area (Å²) in [6, 6.07) is 15.0. The maximum absolute atomic E-state index is 12.8. The average molecular weight is 487 g/mol. The molecule has 0 atom stereocenters. The Balaban J connectivity index is 1.10. The number of anilines is 1. The van der Waals surface area contributed by atoms with Crippen molar-refractivity contribution in [1.82, 2.24) is 14.7 Å². The van der Waals surface area contributed by atoms with Crippen LogP contribution < -0.4 is 4.90 Å². The number of piperazine rings is 2. The Morgan fingerprint density at radius 2 is 1.55 bits per heavy atom. The molecule has 2 aromatic carbocycles. The maximum Gasteiger partial charge on any atom is 0.236 e. The Morgan fingerprint density at radius 1 is 0.848 bits per heavy atom. The lowest BCUT2D eigenvalue weighted by atomic mass is 9.91. The average Bonchev–Trinajstić information content (AvgIpc) is 2.81. The summed E-state index contributed by atoms with van der Waals surface area (Å²) in [6.45, 7) is 8.09. The highest BCUT2D eigenvalue weighted by atomic mass is 35.5. The van der Waals surface area contributed by atoms with Crippen molar-refractivity contribution in [1.29, 1.82) is 0 Å². The highest BCUT2D eigenvalue weighted by Crippen LogP contribution is 2.34. The predicted molar refractivity (Wildman–Crippen MR) is 136 cm³/mol. The van der Waals surface area contributed by atoms with Crippen molar-refractivity contribution in [3.63, 3.8) is 0 Å². The van der Waals surface area contributed by atoms with Crippen LogP contribution in [0.3, 0.4) is 0 Å². The summed E-state index contributed by atoms with van der Waals surface area (Å²) in [5.74, 6) is 0.291. The van der Waals surface area contributed by atoms with Crippen molar-refractivity contribution in [2.24, 2.45) is 0 Å². The van der Waals surface area contributed by atoms with Gasteiger partial charge >= 0.3 is 0 Å². The number of rotatable bonds is 5. The molecule has 1 amide bonds. The fraction of sp³-hybridized carbons (Fsp3) is 0.500. The van der Waals surface area contributed by atoms with E-state index in [-0.39, 0.29) is 0 Å². The van der Waals surface area contributed by atoms with E-state index in [1.165, 1.54) is 24.9 Å². The quantitative estimate of drug-likeness (QED) is 0.623. The first-order valence-electron chi connectivity index (χ1n) is 12.1. The number of carbonyl (C=O) groups is 1. The summed E-state index contributed by atoms with van der Waals surface area (Å²) < 4.78 is 0. The Morgan fingerprint density at radius 3 is 2.18 bits per heavy atom. The Bertz CT molecular complexity index is 963. The second-order valence-corrected chi connectivity index (χ2v) is 10.2. The van der Waals surface area contributed by atoms with Crippen LogP contribution in [0.2, 0.25) is 10.0 Å². The fourth-order valence-electron chi connectivity index (χ4n) is 5.12. The summed E-state index contributed by atoms with van der Waals surface area (Å²) in [6.07, 6.45) is 4.06. The van der Waals surface area contributed by atoms with Gasteiger partial charge in [0.25, 0.3) is 0 Å². The van der Waals surface area contributed by atoms with E-state index in [2.05, 4.69) is 43.9 Å². The summed E-state index contributed by atoms with van der Waals surface area (Å²) in [4.78, 5) is 22.2. The molecule has 1 saturated carbocycles. The zero-order valence-electron chi connectivity index (χ0n) is 19.1. The molecule has 2 aromatic rings. The molecular formula is C26H32Cl2N4O. The van der Waals surface area contributed by atoms with Crippen LogP contribution in [0.4, 0.5) is 5.69 Å². The first-order valence-corrected chi connectivity index (χ1v) is 12.9. The fourth-order valence-corrected chi connectivity index (χ4v) is 5.53. The van der Waals surface area contributed by atoms with E-state index >= 15 is 0 Å². The second kappa shape index (κ2) is 10.2. The summed E-state index contributed by atoms with van der Waals surface area (Å²) in [7, 11) is 0. The Hall–Kier alpha value is -1.79. The van der Waals surface area contributed by atoms with Crippen molar-refractivity contribution >= 4 is 34.8 Å². The largest absolute Gasteiger partial charge is 0.369 e. The molecular weight excluding hydrogens is 455 g/mol. The van der Waals surface area contributed by atoms with Gasteiger partial charge < -0.3 is 9.80 Å². The molecule has 0 bridgehead atoms. The van der Waals surface area contributed by atoms with E-state index in [9.17, 15) is 4.79 Å². The van der Waals surface area contributed by atoms with Gasteiger partial charge in [-0.3, -0.25) is 14.6 Å². The molecule has 5 rings (SSSR count). The van der Waals surface area contributed by atoms with Crippen LogP contribution in [-0.4, -0.2) is 85.6 Å². The zero-order valence-corrected chi connectivity index (χ0v) is 20.6. The summed E-state index contributed by atoms with van der Waals surface area (Å²) in [5, 5.41) is 1.17. The molecule has 1 aliphatic carbocycles. The lowest BCUT2D eigenvalue weighted by Gasteiger charge is -2.43.